The highest BCUT2D eigenvalue weighted by Gasteiger charge is 2.26. The molecule has 138 valence electrons. The van der Waals surface area contributed by atoms with Crippen LogP contribution in [-0.2, 0) is 0 Å². The lowest BCUT2D eigenvalue weighted by atomic mass is 9.98. The van der Waals surface area contributed by atoms with Crippen molar-refractivity contribution in [2.24, 2.45) is 5.92 Å². The Morgan fingerprint density at radius 3 is 2.73 bits per heavy atom. The van der Waals surface area contributed by atoms with E-state index >= 15 is 0 Å². The van der Waals surface area contributed by atoms with Crippen LogP contribution in [0.2, 0.25) is 0 Å². The summed E-state index contributed by atoms with van der Waals surface area (Å²) in [5, 5.41) is 5.76. The van der Waals surface area contributed by atoms with Gasteiger partial charge in [-0.2, -0.15) is 0 Å². The number of carbonyl (C=O) groups is 2. The summed E-state index contributed by atoms with van der Waals surface area (Å²) in [7, 11) is 0. The third kappa shape index (κ3) is 4.60. The molecule has 1 fully saturated rings. The number of nitrogens with zero attached hydrogens (tertiary/aromatic N) is 2. The van der Waals surface area contributed by atoms with Crippen LogP contribution < -0.4 is 10.6 Å². The van der Waals surface area contributed by atoms with Crippen LogP contribution in [0.1, 0.15) is 33.8 Å². The summed E-state index contributed by atoms with van der Waals surface area (Å²) < 4.78 is 0. The van der Waals surface area contributed by atoms with Crippen molar-refractivity contribution in [3.63, 3.8) is 0 Å². The number of hydrogen-bond donors (Lipinski definition) is 2. The Bertz CT molecular complexity index is 772. The van der Waals surface area contributed by atoms with Crippen molar-refractivity contribution in [1.82, 2.24) is 15.2 Å². The minimum absolute atomic E-state index is 0.0545. The first-order chi connectivity index (χ1) is 12.5. The molecular weight excluding hydrogens is 348 g/mol. The van der Waals surface area contributed by atoms with Crippen molar-refractivity contribution in [1.29, 1.82) is 0 Å². The normalized spacial score (nSPS) is 17.0. The number of amides is 3. The van der Waals surface area contributed by atoms with Crippen molar-refractivity contribution < 1.29 is 9.59 Å². The third-order valence-corrected chi connectivity index (χ3v) is 5.52. The van der Waals surface area contributed by atoms with Crippen molar-refractivity contribution in [3.8, 4) is 0 Å². The number of anilines is 1. The van der Waals surface area contributed by atoms with Gasteiger partial charge in [-0.3, -0.25) is 4.79 Å². The lowest BCUT2D eigenvalue weighted by Crippen LogP contribution is -2.44. The monoisotopic (exact) mass is 372 g/mol. The molecule has 0 unspecified atom stereocenters. The molecule has 1 aromatic heterocycles. The number of nitrogens with one attached hydrogen (secondary N) is 2. The first-order valence-electron chi connectivity index (χ1n) is 8.84. The van der Waals surface area contributed by atoms with Gasteiger partial charge >= 0.3 is 6.03 Å². The van der Waals surface area contributed by atoms with Crippen LogP contribution in [0.15, 0.2) is 29.8 Å². The molecule has 2 aromatic rings. The first-order valence-corrected chi connectivity index (χ1v) is 9.72. The molecule has 0 aliphatic carbocycles. The van der Waals surface area contributed by atoms with Crippen LogP contribution in [0, 0.1) is 19.8 Å². The van der Waals surface area contributed by atoms with E-state index in [1.807, 2.05) is 43.0 Å². The molecule has 0 radical (unpaired) electrons. The lowest BCUT2D eigenvalue weighted by molar-refractivity contribution is 0.0679. The van der Waals surface area contributed by atoms with E-state index in [4.69, 9.17) is 0 Å². The molecule has 1 aliphatic heterocycles. The van der Waals surface area contributed by atoms with E-state index in [0.29, 0.717) is 13.1 Å². The molecule has 6 nitrogen and oxygen atoms in total. The number of carbonyl (C=O) groups excluding carboxylic acids is 2. The van der Waals surface area contributed by atoms with Gasteiger partial charge in [0.15, 0.2) is 0 Å². The zero-order valence-corrected chi connectivity index (χ0v) is 15.9. The Kier molecular flexibility index (Phi) is 5.88. The van der Waals surface area contributed by atoms with E-state index in [1.54, 1.807) is 5.51 Å². The Balaban J connectivity index is 1.49. The fraction of sp³-hybridized carbons (Fsp3) is 0.421. The predicted octanol–water partition coefficient (Wildman–Crippen LogP) is 3.43. The van der Waals surface area contributed by atoms with Crippen molar-refractivity contribution in [2.45, 2.75) is 26.7 Å². The zero-order valence-electron chi connectivity index (χ0n) is 15.1. The standard InChI is InChI=1S/C19H24N4O2S/c1-13-5-7-16(8-6-13)22-19(25)20-10-15-4-3-9-23(11-15)18(24)17-14(2)21-12-26-17/h5-8,12,15H,3-4,9-11H2,1-2H3,(H2,20,22,25)/t15-/m0/s1. The van der Waals surface area contributed by atoms with Crippen molar-refractivity contribution in [3.05, 3.63) is 45.9 Å². The number of aromatic nitrogens is 1. The summed E-state index contributed by atoms with van der Waals surface area (Å²) >= 11 is 1.39. The Morgan fingerprint density at radius 2 is 2.04 bits per heavy atom. The highest BCUT2D eigenvalue weighted by Crippen LogP contribution is 2.21. The average Bonchev–Trinajstić information content (AvgIpc) is 3.07. The second-order valence-corrected chi connectivity index (χ2v) is 7.58. The molecule has 26 heavy (non-hydrogen) atoms. The maximum Gasteiger partial charge on any atom is 0.319 e. The van der Waals surface area contributed by atoms with Crippen LogP contribution in [0.5, 0.6) is 0 Å². The third-order valence-electron chi connectivity index (χ3n) is 4.61. The molecule has 1 aromatic carbocycles. The van der Waals surface area contributed by atoms with E-state index in [1.165, 1.54) is 11.3 Å². The number of thiazole rings is 1. The second-order valence-electron chi connectivity index (χ2n) is 6.73. The van der Waals surface area contributed by atoms with Gasteiger partial charge in [0, 0.05) is 25.3 Å². The summed E-state index contributed by atoms with van der Waals surface area (Å²) in [6.07, 6.45) is 1.96. The lowest BCUT2D eigenvalue weighted by Gasteiger charge is -2.32. The van der Waals surface area contributed by atoms with E-state index in [2.05, 4.69) is 15.6 Å². The summed E-state index contributed by atoms with van der Waals surface area (Å²) in [5.74, 6) is 0.323. The predicted molar refractivity (Wildman–Crippen MR) is 104 cm³/mol. The maximum absolute atomic E-state index is 12.6. The SMILES string of the molecule is Cc1ccc(NC(=O)NC[C@@H]2CCCN(C(=O)c3scnc3C)C2)cc1. The van der Waals surface area contributed by atoms with Crippen LogP contribution in [0.25, 0.3) is 0 Å². The smallest absolute Gasteiger partial charge is 0.319 e. The number of urea groups is 1. The number of hydrogen-bond acceptors (Lipinski definition) is 4. The van der Waals surface area contributed by atoms with E-state index in [9.17, 15) is 9.59 Å². The highest BCUT2D eigenvalue weighted by molar-refractivity contribution is 7.11. The number of benzene rings is 1. The molecule has 7 heteroatoms. The van der Waals surface area contributed by atoms with Crippen LogP contribution in [0.4, 0.5) is 10.5 Å². The average molecular weight is 372 g/mol. The van der Waals surface area contributed by atoms with E-state index in [-0.39, 0.29) is 17.9 Å². The highest BCUT2D eigenvalue weighted by atomic mass is 32.1. The molecule has 0 saturated carbocycles. The van der Waals surface area contributed by atoms with Crippen LogP contribution in [-0.4, -0.2) is 41.5 Å². The van der Waals surface area contributed by atoms with Gasteiger partial charge in [0.25, 0.3) is 5.91 Å². The minimum Gasteiger partial charge on any atom is -0.338 e. The van der Waals surface area contributed by atoms with Gasteiger partial charge in [-0.15, -0.1) is 11.3 Å². The summed E-state index contributed by atoms with van der Waals surface area (Å²) in [6, 6.07) is 7.47. The topological polar surface area (TPSA) is 74.3 Å². The molecule has 0 spiro atoms. The Labute approximate surface area is 157 Å². The van der Waals surface area contributed by atoms with Gasteiger partial charge < -0.3 is 15.5 Å². The zero-order chi connectivity index (χ0) is 18.5. The number of piperidine rings is 1. The quantitative estimate of drug-likeness (QED) is 0.863. The maximum atomic E-state index is 12.6. The Morgan fingerprint density at radius 1 is 1.27 bits per heavy atom. The fourth-order valence-corrected chi connectivity index (χ4v) is 3.89. The minimum atomic E-state index is -0.212. The molecule has 1 atom stereocenters. The molecule has 2 heterocycles. The Hall–Kier alpha value is -2.41. The number of aryl methyl sites for hydroxylation is 2. The molecule has 1 saturated heterocycles. The van der Waals surface area contributed by atoms with Crippen LogP contribution in [0.3, 0.4) is 0 Å². The molecular formula is C19H24N4O2S. The molecule has 3 amide bonds. The summed E-state index contributed by atoms with van der Waals surface area (Å²) in [4.78, 5) is 31.5. The molecule has 3 rings (SSSR count). The number of likely N-dealkylation sites (tertiary alicyclic amines) is 1. The largest absolute Gasteiger partial charge is 0.338 e. The van der Waals surface area contributed by atoms with Gasteiger partial charge in [0.05, 0.1) is 11.2 Å². The summed E-state index contributed by atoms with van der Waals surface area (Å²) in [5.41, 5.74) is 4.42. The van der Waals surface area contributed by atoms with Gasteiger partial charge in [-0.25, -0.2) is 9.78 Å². The van der Waals surface area contributed by atoms with E-state index < -0.39 is 0 Å². The van der Waals surface area contributed by atoms with Crippen molar-refractivity contribution >= 4 is 29.0 Å². The van der Waals surface area contributed by atoms with Gasteiger partial charge in [-0.1, -0.05) is 17.7 Å². The van der Waals surface area contributed by atoms with Gasteiger partial charge in [0.2, 0.25) is 0 Å². The molecule has 2 N–H and O–H groups in total. The number of rotatable bonds is 4. The molecule has 0 bridgehead atoms. The van der Waals surface area contributed by atoms with E-state index in [0.717, 1.165) is 41.2 Å². The van der Waals surface area contributed by atoms with Gasteiger partial charge in [-0.05, 0) is 44.7 Å². The van der Waals surface area contributed by atoms with Crippen LogP contribution >= 0.6 is 11.3 Å². The first kappa shape index (κ1) is 18.4. The van der Waals surface area contributed by atoms with Gasteiger partial charge in [0.1, 0.15) is 4.88 Å². The summed E-state index contributed by atoms with van der Waals surface area (Å²) in [6.45, 7) is 5.86. The van der Waals surface area contributed by atoms with Crippen molar-refractivity contribution in [2.75, 3.05) is 25.0 Å². The second kappa shape index (κ2) is 8.31. The molecule has 1 aliphatic rings. The fourth-order valence-electron chi connectivity index (χ4n) is 3.12.